The topological polar surface area (TPSA) is 38.7 Å². The van der Waals surface area contributed by atoms with Gasteiger partial charge in [-0.3, -0.25) is 0 Å². The zero-order valence-electron chi connectivity index (χ0n) is 20.0. The Kier molecular flexibility index (Phi) is 5.59. The van der Waals surface area contributed by atoms with Crippen molar-refractivity contribution in [2.45, 2.75) is 102 Å². The van der Waals surface area contributed by atoms with Crippen molar-refractivity contribution in [1.29, 1.82) is 0 Å². The molecule has 1 atom stereocenters. The summed E-state index contributed by atoms with van der Waals surface area (Å²) in [4.78, 5) is 0. The average Bonchev–Trinajstić information content (AvgIpc) is 3.34. The van der Waals surface area contributed by atoms with E-state index in [-0.39, 0.29) is 18.3 Å². The number of aliphatic hydroxyl groups excluding tert-OH is 1. The first-order valence-corrected chi connectivity index (χ1v) is 12.8. The van der Waals surface area contributed by atoms with Crippen molar-refractivity contribution in [2.24, 2.45) is 23.7 Å². The molecule has 0 amide bonds. The summed E-state index contributed by atoms with van der Waals surface area (Å²) in [6, 6.07) is 9.20. The molecule has 1 saturated heterocycles. The molecule has 1 aromatic rings. The van der Waals surface area contributed by atoms with Crippen molar-refractivity contribution in [1.82, 2.24) is 0 Å². The number of benzene rings is 1. The van der Waals surface area contributed by atoms with Gasteiger partial charge in [-0.05, 0) is 106 Å². The van der Waals surface area contributed by atoms with E-state index in [0.717, 1.165) is 23.2 Å². The molecule has 1 aliphatic heterocycles. The number of fused-ring (bicyclic) bond motifs is 1. The lowest BCUT2D eigenvalue weighted by molar-refractivity contribution is 0.00578. The zero-order valence-corrected chi connectivity index (χ0v) is 20.0. The van der Waals surface area contributed by atoms with Crippen molar-refractivity contribution in [3.05, 3.63) is 29.8 Å². The highest BCUT2D eigenvalue weighted by molar-refractivity contribution is 6.62. The minimum atomic E-state index is -0.285. The van der Waals surface area contributed by atoms with Gasteiger partial charge in [-0.15, -0.1) is 0 Å². The first-order valence-electron chi connectivity index (χ1n) is 12.8. The fourth-order valence-corrected chi connectivity index (χ4v) is 6.93. The van der Waals surface area contributed by atoms with Crippen LogP contribution in [-0.2, 0) is 14.7 Å². The van der Waals surface area contributed by atoms with Gasteiger partial charge in [0.25, 0.3) is 0 Å². The van der Waals surface area contributed by atoms with Crippen LogP contribution in [-0.4, -0.2) is 30.0 Å². The van der Waals surface area contributed by atoms with Crippen LogP contribution in [0.2, 0.25) is 0 Å². The summed E-state index contributed by atoms with van der Waals surface area (Å²) >= 11 is 0. The normalized spacial score (nSPS) is 38.3. The SMILES string of the molecule is CC1(C)OB(c2ccc(C34CC(C3)[C@H](CCC3CCC(CO)CC3)C4)cc2)OC1(C)C. The molecule has 3 nitrogen and oxygen atoms in total. The predicted molar refractivity (Wildman–Crippen MR) is 126 cm³/mol. The van der Waals surface area contributed by atoms with Crippen LogP contribution in [0.25, 0.3) is 0 Å². The van der Waals surface area contributed by atoms with Gasteiger partial charge in [0.1, 0.15) is 0 Å². The molecule has 1 heterocycles. The Bertz CT molecular complexity index is 756. The highest BCUT2D eigenvalue weighted by Crippen LogP contribution is 2.63. The molecule has 5 aliphatic rings. The molecule has 4 saturated carbocycles. The Morgan fingerprint density at radius 3 is 2.00 bits per heavy atom. The molecule has 4 aliphatic carbocycles. The van der Waals surface area contributed by atoms with E-state index in [9.17, 15) is 5.11 Å². The van der Waals surface area contributed by atoms with Gasteiger partial charge in [-0.2, -0.15) is 0 Å². The quantitative estimate of drug-likeness (QED) is 0.636. The maximum atomic E-state index is 9.37. The molecule has 0 unspecified atom stereocenters. The van der Waals surface area contributed by atoms with Gasteiger partial charge in [0.05, 0.1) is 11.2 Å². The van der Waals surface area contributed by atoms with E-state index in [0.29, 0.717) is 17.9 Å². The van der Waals surface area contributed by atoms with Crippen LogP contribution in [0.1, 0.15) is 91.0 Å². The van der Waals surface area contributed by atoms with Gasteiger partial charge >= 0.3 is 7.12 Å². The van der Waals surface area contributed by atoms with Gasteiger partial charge in [-0.25, -0.2) is 0 Å². The van der Waals surface area contributed by atoms with Crippen LogP contribution in [0.15, 0.2) is 24.3 Å². The van der Waals surface area contributed by atoms with Crippen molar-refractivity contribution in [3.8, 4) is 0 Å². The van der Waals surface area contributed by atoms with E-state index in [1.807, 2.05) is 0 Å². The Morgan fingerprint density at radius 2 is 1.42 bits per heavy atom. The van der Waals surface area contributed by atoms with E-state index in [1.165, 1.54) is 63.4 Å². The third-order valence-corrected chi connectivity index (χ3v) is 9.84. The standard InChI is InChI=1S/C27H41BO3/c1-25(2)26(3,4)31-28(30-25)24-13-11-23(12-14-24)27-15-21(22(16-27)17-27)10-9-19-5-7-20(18-29)8-6-19/h11-14,19-22,29H,5-10,15-18H2,1-4H3/t19?,20?,21-,22?,27?/m1/s1. The molecule has 6 rings (SSSR count). The van der Waals surface area contributed by atoms with E-state index < -0.39 is 0 Å². The van der Waals surface area contributed by atoms with Gasteiger partial charge in [0, 0.05) is 6.61 Å². The second-order valence-electron chi connectivity index (χ2n) is 12.3. The minimum absolute atomic E-state index is 0.261. The molecule has 31 heavy (non-hydrogen) atoms. The third kappa shape index (κ3) is 3.91. The van der Waals surface area contributed by atoms with Crippen LogP contribution in [0.4, 0.5) is 0 Å². The summed E-state index contributed by atoms with van der Waals surface area (Å²) in [6.45, 7) is 8.86. The van der Waals surface area contributed by atoms with Gasteiger partial charge in [0.15, 0.2) is 0 Å². The molecular formula is C27H41BO3. The Hall–Kier alpha value is -0.835. The van der Waals surface area contributed by atoms with Crippen LogP contribution in [0, 0.1) is 23.7 Å². The van der Waals surface area contributed by atoms with Gasteiger partial charge in [0.2, 0.25) is 0 Å². The fraction of sp³-hybridized carbons (Fsp3) is 0.778. The molecule has 1 aromatic carbocycles. The Morgan fingerprint density at radius 1 is 0.839 bits per heavy atom. The van der Waals surface area contributed by atoms with Crippen LogP contribution in [0.3, 0.4) is 0 Å². The molecule has 170 valence electrons. The van der Waals surface area contributed by atoms with Gasteiger partial charge in [-0.1, -0.05) is 43.5 Å². The molecule has 1 N–H and O–H groups in total. The summed E-state index contributed by atoms with van der Waals surface area (Å²) in [7, 11) is -0.261. The molecule has 0 spiro atoms. The van der Waals surface area contributed by atoms with Gasteiger partial charge < -0.3 is 14.4 Å². The van der Waals surface area contributed by atoms with E-state index >= 15 is 0 Å². The monoisotopic (exact) mass is 424 g/mol. The summed E-state index contributed by atoms with van der Waals surface area (Å²) in [6.07, 6.45) is 12.2. The maximum absolute atomic E-state index is 9.37. The van der Waals surface area contributed by atoms with E-state index in [1.54, 1.807) is 0 Å². The van der Waals surface area contributed by atoms with Crippen LogP contribution in [0.5, 0.6) is 0 Å². The van der Waals surface area contributed by atoms with Crippen LogP contribution < -0.4 is 5.46 Å². The van der Waals surface area contributed by atoms with E-state index in [4.69, 9.17) is 9.31 Å². The number of hydrogen-bond donors (Lipinski definition) is 1. The Labute approximate surface area is 189 Å². The zero-order chi connectivity index (χ0) is 21.9. The summed E-state index contributed by atoms with van der Waals surface area (Å²) in [5.41, 5.74) is 2.55. The molecular weight excluding hydrogens is 383 g/mol. The fourth-order valence-electron chi connectivity index (χ4n) is 6.93. The molecule has 4 heteroatoms. The van der Waals surface area contributed by atoms with Crippen molar-refractivity contribution in [2.75, 3.05) is 6.61 Å². The maximum Gasteiger partial charge on any atom is 0.494 e. The summed E-state index contributed by atoms with van der Waals surface area (Å²) < 4.78 is 12.5. The highest BCUT2D eigenvalue weighted by atomic mass is 16.7. The third-order valence-electron chi connectivity index (χ3n) is 9.84. The lowest BCUT2D eigenvalue weighted by atomic mass is 9.64. The van der Waals surface area contributed by atoms with Crippen molar-refractivity contribution in [3.63, 3.8) is 0 Å². The van der Waals surface area contributed by atoms with E-state index in [2.05, 4.69) is 52.0 Å². The largest absolute Gasteiger partial charge is 0.494 e. The minimum Gasteiger partial charge on any atom is -0.399 e. The molecule has 2 bridgehead atoms. The lowest BCUT2D eigenvalue weighted by Gasteiger charge is -2.39. The predicted octanol–water partition coefficient (Wildman–Crippen LogP) is 5.23. The van der Waals surface area contributed by atoms with Crippen LogP contribution >= 0.6 is 0 Å². The van der Waals surface area contributed by atoms with Crippen molar-refractivity contribution < 1.29 is 14.4 Å². The Balaban J connectivity index is 1.16. The highest BCUT2D eigenvalue weighted by Gasteiger charge is 2.56. The molecule has 0 aromatic heterocycles. The van der Waals surface area contributed by atoms with Crippen molar-refractivity contribution >= 4 is 12.6 Å². The summed E-state index contributed by atoms with van der Waals surface area (Å²) in [5, 5.41) is 9.37. The number of rotatable bonds is 6. The molecule has 5 fully saturated rings. The number of aliphatic hydroxyl groups is 1. The lowest BCUT2D eigenvalue weighted by Crippen LogP contribution is -2.41. The summed E-state index contributed by atoms with van der Waals surface area (Å²) in [5.74, 6) is 3.38. The second kappa shape index (κ2) is 7.89. The second-order valence-corrected chi connectivity index (χ2v) is 12.3. The number of hydrogen-bond acceptors (Lipinski definition) is 3. The first kappa shape index (κ1) is 22.0. The average molecular weight is 424 g/mol. The molecule has 0 radical (unpaired) electrons. The first-order chi connectivity index (χ1) is 14.7. The smallest absolute Gasteiger partial charge is 0.399 e.